The lowest BCUT2D eigenvalue weighted by Crippen LogP contribution is -2.30. The number of nitrogens with one attached hydrogen (secondary N) is 2. The van der Waals surface area contributed by atoms with Crippen LogP contribution in [0.3, 0.4) is 0 Å². The molecule has 146 valence electrons. The fraction of sp³-hybridized carbons (Fsp3) is 0.111. The summed E-state index contributed by atoms with van der Waals surface area (Å²) >= 11 is 6.20. The zero-order valence-corrected chi connectivity index (χ0v) is 16.2. The highest BCUT2D eigenvalue weighted by Gasteiger charge is 2.23. The van der Waals surface area contributed by atoms with Gasteiger partial charge in [-0.25, -0.2) is 18.4 Å². The molecule has 3 rings (SSSR count). The number of H-pyrrole nitrogens is 1. The first-order valence-corrected chi connectivity index (χ1v) is 10.00. The number of benzene rings is 2. The largest absolute Gasteiger partial charge is 0.448 e. The second-order valence-corrected chi connectivity index (χ2v) is 7.91. The van der Waals surface area contributed by atoms with E-state index in [4.69, 9.17) is 21.5 Å². The summed E-state index contributed by atoms with van der Waals surface area (Å²) < 4.78 is 28.0. The molecule has 0 aliphatic carbocycles. The maximum atomic E-state index is 12.4. The van der Waals surface area contributed by atoms with Gasteiger partial charge in [-0.2, -0.15) is 0 Å². The molecule has 0 saturated carbocycles. The highest BCUT2D eigenvalue weighted by molar-refractivity contribution is 7.89. The van der Waals surface area contributed by atoms with Crippen molar-refractivity contribution in [2.24, 2.45) is 5.14 Å². The van der Waals surface area contributed by atoms with Crippen molar-refractivity contribution in [1.29, 1.82) is 0 Å². The number of rotatable bonds is 5. The van der Waals surface area contributed by atoms with Gasteiger partial charge in [0.25, 0.3) is 5.91 Å². The summed E-state index contributed by atoms with van der Waals surface area (Å²) in [7, 11) is -3.91. The van der Waals surface area contributed by atoms with Gasteiger partial charge in [-0.3, -0.25) is 4.79 Å². The molecule has 1 amide bonds. The van der Waals surface area contributed by atoms with Crippen molar-refractivity contribution >= 4 is 50.1 Å². The number of nitrogens with two attached hydrogens (primary N) is 1. The van der Waals surface area contributed by atoms with Crippen LogP contribution in [0.1, 0.15) is 17.4 Å². The second-order valence-electron chi connectivity index (χ2n) is 5.97. The van der Waals surface area contributed by atoms with Gasteiger partial charge in [0.05, 0.1) is 9.92 Å². The number of primary sulfonamides is 1. The number of hydrogen-bond donors (Lipinski definition) is 3. The third kappa shape index (κ3) is 4.16. The lowest BCUT2D eigenvalue weighted by atomic mass is 10.2. The predicted octanol–water partition coefficient (Wildman–Crippen LogP) is 2.65. The molecule has 0 aliphatic heterocycles. The first-order valence-electron chi connectivity index (χ1n) is 8.07. The number of amides is 1. The molecule has 0 bridgehead atoms. The summed E-state index contributed by atoms with van der Waals surface area (Å²) in [5.74, 6) is -1.44. The van der Waals surface area contributed by atoms with Gasteiger partial charge >= 0.3 is 5.97 Å². The third-order valence-corrected chi connectivity index (χ3v) is 5.23. The zero-order valence-electron chi connectivity index (χ0n) is 14.6. The van der Waals surface area contributed by atoms with Crippen LogP contribution in [0.15, 0.2) is 53.4 Å². The lowest BCUT2D eigenvalue weighted by molar-refractivity contribution is -0.123. The number of anilines is 1. The van der Waals surface area contributed by atoms with Crippen molar-refractivity contribution in [3.8, 4) is 0 Å². The average molecular weight is 422 g/mol. The third-order valence-electron chi connectivity index (χ3n) is 3.93. The van der Waals surface area contributed by atoms with E-state index in [-0.39, 0.29) is 21.3 Å². The Kier molecular flexibility index (Phi) is 5.41. The quantitative estimate of drug-likeness (QED) is 0.545. The van der Waals surface area contributed by atoms with Crippen molar-refractivity contribution in [3.05, 3.63) is 59.2 Å². The maximum absolute atomic E-state index is 12.4. The molecule has 0 saturated heterocycles. The number of aromatic nitrogens is 1. The number of esters is 1. The molecule has 1 heterocycles. The molecule has 0 fully saturated rings. The SMILES string of the molecule is CC(OC(=O)c1[nH]c2ccccc2c1Cl)C(=O)Nc1cccc(S(N)(=O)=O)c1. The van der Waals surface area contributed by atoms with Crippen molar-refractivity contribution in [3.63, 3.8) is 0 Å². The van der Waals surface area contributed by atoms with Crippen molar-refractivity contribution in [2.45, 2.75) is 17.9 Å². The first kappa shape index (κ1) is 19.9. The van der Waals surface area contributed by atoms with Gasteiger partial charge < -0.3 is 15.0 Å². The predicted molar refractivity (Wildman–Crippen MR) is 105 cm³/mol. The van der Waals surface area contributed by atoms with Crippen LogP contribution >= 0.6 is 11.6 Å². The molecule has 3 aromatic rings. The van der Waals surface area contributed by atoms with Gasteiger partial charge in [-0.1, -0.05) is 35.9 Å². The Hall–Kier alpha value is -2.88. The molecule has 2 aromatic carbocycles. The summed E-state index contributed by atoms with van der Waals surface area (Å²) in [5.41, 5.74) is 0.901. The number of hydrogen-bond acceptors (Lipinski definition) is 5. The average Bonchev–Trinajstić information content (AvgIpc) is 2.98. The normalized spacial score (nSPS) is 12.5. The Morgan fingerprint density at radius 1 is 1.18 bits per heavy atom. The van der Waals surface area contributed by atoms with Crippen LogP contribution in [0.5, 0.6) is 0 Å². The Morgan fingerprint density at radius 3 is 2.57 bits per heavy atom. The van der Waals surface area contributed by atoms with Gasteiger partial charge in [0.2, 0.25) is 10.0 Å². The van der Waals surface area contributed by atoms with Gasteiger partial charge in [0, 0.05) is 16.6 Å². The number of ether oxygens (including phenoxy) is 1. The van der Waals surface area contributed by atoms with Crippen molar-refractivity contribution in [1.82, 2.24) is 4.98 Å². The van der Waals surface area contributed by atoms with Crippen molar-refractivity contribution in [2.75, 3.05) is 5.32 Å². The maximum Gasteiger partial charge on any atom is 0.357 e. The van der Waals surface area contributed by atoms with Crippen LogP contribution in [-0.4, -0.2) is 31.4 Å². The van der Waals surface area contributed by atoms with Crippen LogP contribution in [0.25, 0.3) is 10.9 Å². The molecule has 4 N–H and O–H groups in total. The molecule has 1 atom stereocenters. The number of carbonyl (C=O) groups excluding carboxylic acids is 2. The molecule has 0 spiro atoms. The van der Waals surface area contributed by atoms with E-state index in [1.54, 1.807) is 24.3 Å². The summed E-state index contributed by atoms with van der Waals surface area (Å²) in [6, 6.07) is 12.5. The zero-order chi connectivity index (χ0) is 20.5. The van der Waals surface area contributed by atoms with E-state index in [9.17, 15) is 18.0 Å². The standard InChI is InChI=1S/C18H16ClN3O5S/c1-10(17(23)21-11-5-4-6-12(9-11)28(20,25)26)27-18(24)16-15(19)13-7-2-3-8-14(13)22-16/h2-10,22H,1H3,(H,21,23)(H2,20,25,26). The van der Waals surface area contributed by atoms with E-state index < -0.39 is 28.0 Å². The van der Waals surface area contributed by atoms with Crippen LogP contribution in [0.2, 0.25) is 5.02 Å². The monoisotopic (exact) mass is 421 g/mol. The van der Waals surface area contributed by atoms with Gasteiger partial charge in [-0.05, 0) is 31.2 Å². The minimum atomic E-state index is -3.91. The molecule has 0 aliphatic rings. The first-order chi connectivity index (χ1) is 13.2. The van der Waals surface area contributed by atoms with Gasteiger partial charge in [0.1, 0.15) is 5.69 Å². The van der Waals surface area contributed by atoms with E-state index in [0.717, 1.165) is 0 Å². The molecule has 10 heteroatoms. The van der Waals surface area contributed by atoms with E-state index in [2.05, 4.69) is 10.3 Å². The molecular weight excluding hydrogens is 406 g/mol. The molecule has 1 unspecified atom stereocenters. The Balaban J connectivity index is 1.72. The summed E-state index contributed by atoms with van der Waals surface area (Å²) in [6.07, 6.45) is -1.16. The summed E-state index contributed by atoms with van der Waals surface area (Å²) in [6.45, 7) is 1.38. The van der Waals surface area contributed by atoms with Crippen LogP contribution in [0, 0.1) is 0 Å². The minimum Gasteiger partial charge on any atom is -0.448 e. The molecule has 8 nitrogen and oxygen atoms in total. The topological polar surface area (TPSA) is 131 Å². The smallest absolute Gasteiger partial charge is 0.357 e. The summed E-state index contributed by atoms with van der Waals surface area (Å²) in [5, 5.41) is 8.40. The van der Waals surface area contributed by atoms with Gasteiger partial charge in [-0.15, -0.1) is 0 Å². The van der Waals surface area contributed by atoms with Crippen LogP contribution in [-0.2, 0) is 19.6 Å². The fourth-order valence-electron chi connectivity index (χ4n) is 2.52. The molecule has 0 radical (unpaired) electrons. The minimum absolute atomic E-state index is 0.0405. The molecule has 1 aromatic heterocycles. The summed E-state index contributed by atoms with van der Waals surface area (Å²) in [4.78, 5) is 27.4. The van der Waals surface area contributed by atoms with E-state index in [1.165, 1.54) is 31.2 Å². The van der Waals surface area contributed by atoms with Crippen LogP contribution in [0.4, 0.5) is 5.69 Å². The Labute approximate surface area is 165 Å². The number of halogens is 1. The fourth-order valence-corrected chi connectivity index (χ4v) is 3.36. The second kappa shape index (κ2) is 7.63. The molecular formula is C18H16ClN3O5S. The van der Waals surface area contributed by atoms with Gasteiger partial charge in [0.15, 0.2) is 6.10 Å². The number of carbonyl (C=O) groups is 2. The highest BCUT2D eigenvalue weighted by Crippen LogP contribution is 2.28. The highest BCUT2D eigenvalue weighted by atomic mass is 35.5. The number of fused-ring (bicyclic) bond motifs is 1. The number of para-hydroxylation sites is 1. The lowest BCUT2D eigenvalue weighted by Gasteiger charge is -2.13. The van der Waals surface area contributed by atoms with E-state index >= 15 is 0 Å². The van der Waals surface area contributed by atoms with E-state index in [0.29, 0.717) is 10.9 Å². The van der Waals surface area contributed by atoms with Crippen LogP contribution < -0.4 is 10.5 Å². The number of aromatic amines is 1. The Bertz CT molecular complexity index is 1170. The number of sulfonamides is 1. The van der Waals surface area contributed by atoms with Crippen molar-refractivity contribution < 1.29 is 22.7 Å². The van der Waals surface area contributed by atoms with E-state index in [1.807, 2.05) is 0 Å². The Morgan fingerprint density at radius 2 is 1.89 bits per heavy atom. The molecule has 28 heavy (non-hydrogen) atoms.